The van der Waals surface area contributed by atoms with Crippen molar-refractivity contribution < 1.29 is 15.7 Å². The van der Waals surface area contributed by atoms with E-state index >= 15 is 0 Å². The van der Waals surface area contributed by atoms with Crippen molar-refractivity contribution in [1.82, 2.24) is 4.90 Å². The number of rotatable bonds is 8. The van der Waals surface area contributed by atoms with E-state index in [0.29, 0.717) is 39.5 Å². The Hall–Kier alpha value is -0.650. The van der Waals surface area contributed by atoms with Crippen LogP contribution in [0.2, 0.25) is 0 Å². The van der Waals surface area contributed by atoms with Crippen LogP contribution in [-0.4, -0.2) is 57.4 Å². The highest BCUT2D eigenvalue weighted by atomic mass is 16.5. The summed E-state index contributed by atoms with van der Waals surface area (Å²) in [7, 11) is 1.75. The van der Waals surface area contributed by atoms with Gasteiger partial charge in [0.25, 0.3) is 0 Å². The highest BCUT2D eigenvalue weighted by Gasteiger charge is 2.00. The summed E-state index contributed by atoms with van der Waals surface area (Å²) in [4.78, 5) is 12.4. The molecule has 0 saturated carbocycles. The van der Waals surface area contributed by atoms with Crippen molar-refractivity contribution in [2.24, 2.45) is 5.73 Å². The minimum atomic E-state index is 0. The van der Waals surface area contributed by atoms with Crippen LogP contribution in [0, 0.1) is 0 Å². The summed E-state index contributed by atoms with van der Waals surface area (Å²) in [5, 5.41) is 0. The first-order chi connectivity index (χ1) is 7.68. The van der Waals surface area contributed by atoms with Gasteiger partial charge in [-0.25, -0.2) is 0 Å². The minimum Gasteiger partial charge on any atom is -0.378 e. The van der Waals surface area contributed by atoms with Crippen LogP contribution >= 0.6 is 0 Å². The summed E-state index contributed by atoms with van der Waals surface area (Å²) in [6, 6.07) is 0. The number of amides is 1. The molecular weight excluding hydrogens is 208 g/mol. The lowest BCUT2D eigenvalue weighted by Gasteiger charge is -2.14. The van der Waals surface area contributed by atoms with Gasteiger partial charge in [-0.05, 0) is 0 Å². The monoisotopic (exact) mass is 236 g/mol. The first kappa shape index (κ1) is 17.7. The molecule has 0 aromatic rings. The number of likely N-dealkylation sites (N-methyl/N-ethyl adjacent to an activating group) is 1. The highest BCUT2D eigenvalue weighted by molar-refractivity contribution is 5.72. The Bertz CT molecular complexity index is 160. The predicted octanol–water partition coefficient (Wildman–Crippen LogP) is 0.729. The smallest absolute Gasteiger partial charge is 0.219 e. The Kier molecular flexibility index (Phi) is 15.9. The molecule has 0 saturated heterocycles. The first-order valence-corrected chi connectivity index (χ1v) is 5.75. The van der Waals surface area contributed by atoms with E-state index in [2.05, 4.69) is 0 Å². The lowest BCUT2D eigenvalue weighted by atomic mass is 10.5. The largest absolute Gasteiger partial charge is 0.378 e. The molecule has 0 atom stereocenters. The Balaban J connectivity index is -0.000000616. The summed E-state index contributed by atoms with van der Waals surface area (Å²) in [6.07, 6.45) is 0. The molecular formula is C11H28N2O3. The molecule has 100 valence electrons. The number of nitrogens with zero attached hydrogens (tertiary/aromatic N) is 1. The summed E-state index contributed by atoms with van der Waals surface area (Å²) in [6.45, 7) is 8.90. The summed E-state index contributed by atoms with van der Waals surface area (Å²) in [5.41, 5.74) is 5.23. The first-order valence-electron chi connectivity index (χ1n) is 5.75. The number of hydrogen-bond donors (Lipinski definition) is 1. The molecule has 5 nitrogen and oxygen atoms in total. The predicted molar refractivity (Wildman–Crippen MR) is 67.5 cm³/mol. The van der Waals surface area contributed by atoms with Gasteiger partial charge in [0.2, 0.25) is 5.91 Å². The lowest BCUT2D eigenvalue weighted by Crippen LogP contribution is -2.28. The standard InChI is InChI=1S/C9H20N2O3.C2H6.H2/c1-9(12)11(2)4-6-14-8-7-13-5-3-10;1-2;/h3-8,10H2,1-2H3;1-2H3;1H. The minimum absolute atomic E-state index is 0. The number of ether oxygens (including phenoxy) is 2. The zero-order valence-electron chi connectivity index (χ0n) is 11.0. The van der Waals surface area contributed by atoms with Crippen molar-refractivity contribution in [2.75, 3.05) is 46.6 Å². The Labute approximate surface area is 100 Å². The van der Waals surface area contributed by atoms with Gasteiger partial charge in [-0.2, -0.15) is 0 Å². The van der Waals surface area contributed by atoms with Gasteiger partial charge >= 0.3 is 0 Å². The molecule has 1 amide bonds. The molecule has 0 aliphatic carbocycles. The molecule has 0 aromatic carbocycles. The third kappa shape index (κ3) is 13.4. The third-order valence-electron chi connectivity index (χ3n) is 1.74. The Morgan fingerprint density at radius 1 is 1.19 bits per heavy atom. The van der Waals surface area contributed by atoms with Crippen LogP contribution in [0.25, 0.3) is 0 Å². The summed E-state index contributed by atoms with van der Waals surface area (Å²) in [5.74, 6) is 0.0491. The van der Waals surface area contributed by atoms with E-state index in [1.807, 2.05) is 13.8 Å². The van der Waals surface area contributed by atoms with Crippen molar-refractivity contribution in [3.63, 3.8) is 0 Å². The summed E-state index contributed by atoms with van der Waals surface area (Å²) < 4.78 is 10.3. The third-order valence-corrected chi connectivity index (χ3v) is 1.74. The second-order valence-corrected chi connectivity index (χ2v) is 2.95. The van der Waals surface area contributed by atoms with Crippen LogP contribution < -0.4 is 5.73 Å². The van der Waals surface area contributed by atoms with Crippen LogP contribution in [0.4, 0.5) is 0 Å². The molecule has 5 heteroatoms. The number of nitrogens with two attached hydrogens (primary N) is 1. The van der Waals surface area contributed by atoms with Gasteiger partial charge in [0.15, 0.2) is 0 Å². The van der Waals surface area contributed by atoms with Crippen molar-refractivity contribution in [2.45, 2.75) is 20.8 Å². The second kappa shape index (κ2) is 14.3. The van der Waals surface area contributed by atoms with Crippen LogP contribution in [0.5, 0.6) is 0 Å². The average molecular weight is 236 g/mol. The van der Waals surface area contributed by atoms with Gasteiger partial charge in [-0.1, -0.05) is 13.8 Å². The van der Waals surface area contributed by atoms with Crippen molar-refractivity contribution in [1.29, 1.82) is 0 Å². The van der Waals surface area contributed by atoms with Gasteiger partial charge < -0.3 is 20.1 Å². The molecule has 2 N–H and O–H groups in total. The fourth-order valence-electron chi connectivity index (χ4n) is 0.764. The van der Waals surface area contributed by atoms with Crippen LogP contribution in [0.3, 0.4) is 0 Å². The number of hydrogen-bond acceptors (Lipinski definition) is 4. The maximum Gasteiger partial charge on any atom is 0.219 e. The fourth-order valence-corrected chi connectivity index (χ4v) is 0.764. The quantitative estimate of drug-likeness (QED) is 0.631. The number of carbonyl (C=O) groups excluding carboxylic acids is 1. The van der Waals surface area contributed by atoms with E-state index in [1.54, 1.807) is 11.9 Å². The van der Waals surface area contributed by atoms with E-state index in [1.165, 1.54) is 6.92 Å². The topological polar surface area (TPSA) is 64.8 Å². The molecule has 16 heavy (non-hydrogen) atoms. The van der Waals surface area contributed by atoms with E-state index in [4.69, 9.17) is 15.2 Å². The molecule has 0 aliphatic heterocycles. The van der Waals surface area contributed by atoms with Gasteiger partial charge in [-0.15, -0.1) is 0 Å². The van der Waals surface area contributed by atoms with Crippen LogP contribution in [0.1, 0.15) is 22.2 Å². The SMILES string of the molecule is CC.CC(=O)N(C)CCOCCOCCN.[HH]. The molecule has 0 rings (SSSR count). The Morgan fingerprint density at radius 2 is 1.69 bits per heavy atom. The van der Waals surface area contributed by atoms with Crippen LogP contribution in [-0.2, 0) is 14.3 Å². The molecule has 0 fully saturated rings. The van der Waals surface area contributed by atoms with Crippen molar-refractivity contribution in [3.05, 3.63) is 0 Å². The second-order valence-electron chi connectivity index (χ2n) is 2.95. The maximum atomic E-state index is 10.8. The zero-order chi connectivity index (χ0) is 12.8. The molecule has 0 aromatic heterocycles. The maximum absolute atomic E-state index is 10.8. The van der Waals surface area contributed by atoms with Crippen molar-refractivity contribution >= 4 is 5.91 Å². The van der Waals surface area contributed by atoms with E-state index in [9.17, 15) is 4.79 Å². The van der Waals surface area contributed by atoms with E-state index in [0.717, 1.165) is 0 Å². The van der Waals surface area contributed by atoms with Gasteiger partial charge in [0, 0.05) is 28.5 Å². The van der Waals surface area contributed by atoms with Gasteiger partial charge in [0.1, 0.15) is 0 Å². The van der Waals surface area contributed by atoms with Gasteiger partial charge in [-0.3, -0.25) is 4.79 Å². The van der Waals surface area contributed by atoms with Gasteiger partial charge in [0.05, 0.1) is 26.4 Å². The normalized spacial score (nSPS) is 9.31. The number of carbonyl (C=O) groups is 1. The van der Waals surface area contributed by atoms with E-state index in [-0.39, 0.29) is 7.33 Å². The van der Waals surface area contributed by atoms with Crippen molar-refractivity contribution in [3.8, 4) is 0 Å². The molecule has 0 heterocycles. The Morgan fingerprint density at radius 3 is 2.12 bits per heavy atom. The molecule has 0 unspecified atom stereocenters. The fraction of sp³-hybridized carbons (Fsp3) is 0.909. The lowest BCUT2D eigenvalue weighted by molar-refractivity contribution is -0.128. The molecule has 0 aliphatic rings. The average Bonchev–Trinajstić information content (AvgIpc) is 2.30. The summed E-state index contributed by atoms with van der Waals surface area (Å²) >= 11 is 0. The molecule has 0 spiro atoms. The zero-order valence-corrected chi connectivity index (χ0v) is 11.0. The van der Waals surface area contributed by atoms with E-state index < -0.39 is 0 Å². The molecule has 0 radical (unpaired) electrons. The van der Waals surface area contributed by atoms with Crippen LogP contribution in [0.15, 0.2) is 0 Å². The highest BCUT2D eigenvalue weighted by Crippen LogP contribution is 1.84. The molecule has 0 bridgehead atoms.